The third-order valence-corrected chi connectivity index (χ3v) is 3.98. The van der Waals surface area contributed by atoms with E-state index in [-0.39, 0.29) is 25.4 Å². The van der Waals surface area contributed by atoms with Gasteiger partial charge in [0, 0.05) is 30.8 Å². The van der Waals surface area contributed by atoms with Crippen LogP contribution in [0.4, 0.5) is 0 Å². The van der Waals surface area contributed by atoms with E-state index in [1.54, 1.807) is 24.3 Å². The van der Waals surface area contributed by atoms with Crippen molar-refractivity contribution in [2.24, 2.45) is 0 Å². The number of carbonyl (C=O) groups excluding carboxylic acids is 1. The van der Waals surface area contributed by atoms with E-state index < -0.39 is 5.97 Å². The minimum Gasteiger partial charge on any atom is -0.480 e. The van der Waals surface area contributed by atoms with Gasteiger partial charge in [-0.2, -0.15) is 4.98 Å². The second kappa shape index (κ2) is 9.91. The van der Waals surface area contributed by atoms with E-state index in [0.717, 1.165) is 18.4 Å². The number of benzene rings is 1. The minimum absolute atomic E-state index is 0.215. The van der Waals surface area contributed by atoms with Crippen LogP contribution in [0.5, 0.6) is 0 Å². The molecule has 0 unspecified atom stereocenters. The van der Waals surface area contributed by atoms with Gasteiger partial charge in [-0.05, 0) is 30.5 Å². The average molecular weight is 380 g/mol. The number of aliphatic carboxylic acids is 1. The first-order chi connectivity index (χ1) is 12.5. The fraction of sp³-hybridized carbons (Fsp3) is 0.444. The van der Waals surface area contributed by atoms with Gasteiger partial charge in [0.15, 0.2) is 5.82 Å². The van der Waals surface area contributed by atoms with Crippen LogP contribution in [-0.2, 0) is 29.0 Å². The molecule has 0 atom stereocenters. The summed E-state index contributed by atoms with van der Waals surface area (Å²) in [6.07, 6.45) is 2.92. The summed E-state index contributed by atoms with van der Waals surface area (Å²) in [5, 5.41) is 13.5. The van der Waals surface area contributed by atoms with E-state index in [0.29, 0.717) is 29.6 Å². The molecule has 1 N–H and O–H groups in total. The Morgan fingerprint density at radius 1 is 1.23 bits per heavy atom. The molecule has 0 aliphatic carbocycles. The summed E-state index contributed by atoms with van der Waals surface area (Å²) in [6, 6.07) is 6.98. The van der Waals surface area contributed by atoms with Gasteiger partial charge in [0.2, 0.25) is 11.8 Å². The average Bonchev–Trinajstić information content (AvgIpc) is 3.03. The molecule has 0 aliphatic rings. The summed E-state index contributed by atoms with van der Waals surface area (Å²) in [5.41, 5.74) is 0.824. The first-order valence-corrected chi connectivity index (χ1v) is 8.91. The van der Waals surface area contributed by atoms with E-state index in [1.165, 1.54) is 4.90 Å². The fourth-order valence-corrected chi connectivity index (χ4v) is 2.60. The van der Waals surface area contributed by atoms with E-state index in [9.17, 15) is 9.59 Å². The summed E-state index contributed by atoms with van der Waals surface area (Å²) in [4.78, 5) is 29.1. The van der Waals surface area contributed by atoms with Crippen LogP contribution in [0.3, 0.4) is 0 Å². The van der Waals surface area contributed by atoms with Gasteiger partial charge in [-0.1, -0.05) is 35.8 Å². The van der Waals surface area contributed by atoms with Crippen LogP contribution >= 0.6 is 11.6 Å². The Kier molecular flexibility index (Phi) is 7.59. The van der Waals surface area contributed by atoms with Crippen LogP contribution in [0.15, 0.2) is 28.8 Å². The van der Waals surface area contributed by atoms with E-state index >= 15 is 0 Å². The molecule has 0 spiro atoms. The Hall–Kier alpha value is -2.41. The highest BCUT2D eigenvalue weighted by Crippen LogP contribution is 2.13. The number of hydrogen-bond acceptors (Lipinski definition) is 5. The van der Waals surface area contributed by atoms with Crippen LogP contribution in [0.25, 0.3) is 0 Å². The third kappa shape index (κ3) is 6.48. The van der Waals surface area contributed by atoms with Crippen LogP contribution in [-0.4, -0.2) is 38.6 Å². The molecule has 26 heavy (non-hydrogen) atoms. The summed E-state index contributed by atoms with van der Waals surface area (Å²) in [5.74, 6) is -0.100. The second-order valence-electron chi connectivity index (χ2n) is 5.98. The molecule has 0 saturated carbocycles. The molecule has 0 radical (unpaired) electrons. The van der Waals surface area contributed by atoms with Crippen molar-refractivity contribution in [3.8, 4) is 0 Å². The van der Waals surface area contributed by atoms with Gasteiger partial charge in [0.05, 0.1) is 0 Å². The van der Waals surface area contributed by atoms with Gasteiger partial charge in [0.25, 0.3) is 0 Å². The number of aryl methyl sites for hydroxylation is 2. The molecule has 1 aromatic carbocycles. The van der Waals surface area contributed by atoms with Gasteiger partial charge in [-0.15, -0.1) is 0 Å². The molecule has 0 bridgehead atoms. The summed E-state index contributed by atoms with van der Waals surface area (Å²) in [6.45, 7) is 1.92. The van der Waals surface area contributed by atoms with Gasteiger partial charge in [0.1, 0.15) is 6.54 Å². The lowest BCUT2D eigenvalue weighted by atomic mass is 10.1. The quantitative estimate of drug-likeness (QED) is 0.681. The lowest BCUT2D eigenvalue weighted by Gasteiger charge is -2.21. The Morgan fingerprint density at radius 2 is 1.96 bits per heavy atom. The zero-order valence-corrected chi connectivity index (χ0v) is 15.4. The zero-order chi connectivity index (χ0) is 18.9. The number of hydrogen-bond donors (Lipinski definition) is 1. The Balaban J connectivity index is 1.88. The van der Waals surface area contributed by atoms with Crippen molar-refractivity contribution in [2.45, 2.75) is 45.6 Å². The monoisotopic (exact) mass is 379 g/mol. The van der Waals surface area contributed by atoms with Crippen molar-refractivity contribution in [3.05, 3.63) is 46.6 Å². The summed E-state index contributed by atoms with van der Waals surface area (Å²) < 4.78 is 5.14. The molecular weight excluding hydrogens is 358 g/mol. The molecule has 1 amide bonds. The highest BCUT2D eigenvalue weighted by atomic mass is 35.5. The number of amides is 1. The zero-order valence-electron chi connectivity index (χ0n) is 14.7. The van der Waals surface area contributed by atoms with Crippen molar-refractivity contribution in [3.63, 3.8) is 0 Å². The highest BCUT2D eigenvalue weighted by molar-refractivity contribution is 6.30. The minimum atomic E-state index is -1.05. The molecule has 1 heterocycles. The van der Waals surface area contributed by atoms with Crippen LogP contribution in [0, 0.1) is 0 Å². The topological polar surface area (TPSA) is 96.5 Å². The molecule has 7 nitrogen and oxygen atoms in total. The number of rotatable bonds is 10. The Labute approximate surface area is 157 Å². The predicted molar refractivity (Wildman–Crippen MR) is 95.7 cm³/mol. The maximum Gasteiger partial charge on any atom is 0.323 e. The Morgan fingerprint density at radius 3 is 2.62 bits per heavy atom. The number of aromatic nitrogens is 2. The standard InChI is InChI=1S/C18H22ClN3O4/c1-2-4-15-20-16(26-21-15)5-3-6-17(23)22(12-18(24)25)11-13-7-9-14(19)10-8-13/h7-10H,2-6,11-12H2,1H3,(H,24,25). The highest BCUT2D eigenvalue weighted by Gasteiger charge is 2.17. The SMILES string of the molecule is CCCc1noc(CCCC(=O)N(CC(=O)O)Cc2ccc(Cl)cc2)n1. The molecule has 0 fully saturated rings. The lowest BCUT2D eigenvalue weighted by molar-refractivity contribution is -0.145. The smallest absolute Gasteiger partial charge is 0.323 e. The molecule has 2 rings (SSSR count). The maximum absolute atomic E-state index is 12.4. The van der Waals surface area contributed by atoms with Crippen LogP contribution in [0.1, 0.15) is 43.5 Å². The van der Waals surface area contributed by atoms with Gasteiger partial charge >= 0.3 is 5.97 Å². The van der Waals surface area contributed by atoms with Crippen molar-refractivity contribution in [2.75, 3.05) is 6.54 Å². The number of nitrogens with zero attached hydrogens (tertiary/aromatic N) is 3. The van der Waals surface area contributed by atoms with Gasteiger partial charge < -0.3 is 14.5 Å². The molecule has 140 valence electrons. The van der Waals surface area contributed by atoms with Crippen LogP contribution < -0.4 is 0 Å². The lowest BCUT2D eigenvalue weighted by Crippen LogP contribution is -2.35. The van der Waals surface area contributed by atoms with Gasteiger partial charge in [-0.3, -0.25) is 9.59 Å². The predicted octanol–water partition coefficient (Wildman–Crippen LogP) is 3.11. The Bertz CT molecular complexity index is 730. The molecular formula is C18H22ClN3O4. The second-order valence-corrected chi connectivity index (χ2v) is 6.41. The largest absolute Gasteiger partial charge is 0.480 e. The van der Waals surface area contributed by atoms with Crippen molar-refractivity contribution < 1.29 is 19.2 Å². The number of carboxylic acid groups (broad SMARTS) is 1. The number of carbonyl (C=O) groups is 2. The molecule has 0 saturated heterocycles. The molecule has 0 aliphatic heterocycles. The van der Waals surface area contributed by atoms with Gasteiger partial charge in [-0.25, -0.2) is 0 Å². The first kappa shape index (κ1) is 19.9. The molecule has 8 heteroatoms. The molecule has 2 aromatic rings. The first-order valence-electron chi connectivity index (χ1n) is 8.53. The maximum atomic E-state index is 12.4. The van der Waals surface area contributed by atoms with E-state index in [1.807, 2.05) is 6.92 Å². The van der Waals surface area contributed by atoms with E-state index in [4.69, 9.17) is 21.2 Å². The molecule has 1 aromatic heterocycles. The van der Waals surface area contributed by atoms with Crippen molar-refractivity contribution in [1.29, 1.82) is 0 Å². The summed E-state index contributed by atoms with van der Waals surface area (Å²) in [7, 11) is 0. The third-order valence-electron chi connectivity index (χ3n) is 3.73. The van der Waals surface area contributed by atoms with Crippen LogP contribution in [0.2, 0.25) is 5.02 Å². The number of halogens is 1. The fourth-order valence-electron chi connectivity index (χ4n) is 2.47. The normalized spacial score (nSPS) is 10.7. The van der Waals surface area contributed by atoms with E-state index in [2.05, 4.69) is 10.1 Å². The number of carboxylic acids is 1. The summed E-state index contributed by atoms with van der Waals surface area (Å²) >= 11 is 5.85. The van der Waals surface area contributed by atoms with Crippen molar-refractivity contribution in [1.82, 2.24) is 15.0 Å². The van der Waals surface area contributed by atoms with Crippen molar-refractivity contribution >= 4 is 23.5 Å².